The van der Waals surface area contributed by atoms with Gasteiger partial charge in [-0.3, -0.25) is 18.9 Å². The lowest BCUT2D eigenvalue weighted by Crippen LogP contribution is -2.29. The number of imidazole rings is 1. The van der Waals surface area contributed by atoms with Crippen LogP contribution in [0.2, 0.25) is 0 Å². The summed E-state index contributed by atoms with van der Waals surface area (Å²) < 4.78 is 22.3. The largest absolute Gasteiger partial charge is 0.505 e. The third kappa shape index (κ3) is 5.58. The molecule has 0 bridgehead atoms. The number of carbonyl (C=O) groups is 2. The highest BCUT2D eigenvalue weighted by atomic mass is 32.2. The lowest BCUT2D eigenvalue weighted by Gasteiger charge is -2.23. The van der Waals surface area contributed by atoms with Gasteiger partial charge in [-0.15, -0.1) is 10.2 Å². The van der Waals surface area contributed by atoms with Crippen molar-refractivity contribution in [1.82, 2.24) is 19.6 Å². The molecule has 4 heterocycles. The van der Waals surface area contributed by atoms with Crippen LogP contribution in [0.5, 0.6) is 5.75 Å². The molecule has 2 aromatic carbocycles. The lowest BCUT2D eigenvalue weighted by atomic mass is 9.96. The predicted octanol–water partition coefficient (Wildman–Crippen LogP) is 6.73. The summed E-state index contributed by atoms with van der Waals surface area (Å²) in [6.45, 7) is 4.32. The molecule has 1 atom stereocenters. The number of nitrogens with zero attached hydrogens (tertiary/aromatic N) is 5. The summed E-state index contributed by atoms with van der Waals surface area (Å²) in [4.78, 5) is 33.2. The van der Waals surface area contributed by atoms with E-state index >= 15 is 0 Å². The molecule has 44 heavy (non-hydrogen) atoms. The third-order valence-electron chi connectivity index (χ3n) is 7.22. The fraction of sp³-hybridized carbons (Fsp3) is 0.219. The van der Waals surface area contributed by atoms with Gasteiger partial charge in [-0.1, -0.05) is 72.8 Å². The van der Waals surface area contributed by atoms with Gasteiger partial charge in [0.05, 0.1) is 23.9 Å². The number of hydrogen-bond donors (Lipinski definition) is 1. The fourth-order valence-electron chi connectivity index (χ4n) is 5.09. The van der Waals surface area contributed by atoms with E-state index in [1.165, 1.54) is 22.7 Å². The summed E-state index contributed by atoms with van der Waals surface area (Å²) in [6.07, 6.45) is 3.57. The molecule has 1 aliphatic rings. The number of unbranched alkanes of at least 4 members (excludes halogenated alkanes) is 1. The number of anilines is 1. The fourth-order valence-corrected chi connectivity index (χ4v) is 6.95. The van der Waals surface area contributed by atoms with Crippen molar-refractivity contribution in [2.24, 2.45) is 0 Å². The van der Waals surface area contributed by atoms with Crippen LogP contribution in [0.3, 0.4) is 0 Å². The second-order valence-electron chi connectivity index (χ2n) is 10.1. The molecule has 0 radical (unpaired) electrons. The van der Waals surface area contributed by atoms with Crippen molar-refractivity contribution in [2.45, 2.75) is 42.8 Å². The standard InChI is InChI=1S/C32H28FN5O4S2/c1-3-4-16-42-22-12-9-11-20(17-22)27-25(28(39)26-19(2)34-24-14-7-8-15-37(24)26)29(40)30(41)38(27)31-35-36-32(44-31)43-18-21-10-5-6-13-23(21)33/h5-15,17,27,39H,3-4,16,18H2,1-2H3. The van der Waals surface area contributed by atoms with Crippen LogP contribution in [0.1, 0.15) is 48.3 Å². The van der Waals surface area contributed by atoms with Gasteiger partial charge in [0.2, 0.25) is 5.13 Å². The maximum absolute atomic E-state index is 14.2. The first kappa shape index (κ1) is 29.5. The number of thioether (sulfide) groups is 1. The summed E-state index contributed by atoms with van der Waals surface area (Å²) in [5.74, 6) is -1.48. The number of fused-ring (bicyclic) bond motifs is 1. The molecular weight excluding hydrogens is 602 g/mol. The quantitative estimate of drug-likeness (QED) is 0.0452. The van der Waals surface area contributed by atoms with Gasteiger partial charge >= 0.3 is 5.91 Å². The SMILES string of the molecule is CCCCOc1cccc(C2C(=C(O)c3c(C)nc4ccccn34)C(=O)C(=O)N2c2nnc(SCc3ccccc3F)s2)c1. The summed E-state index contributed by atoms with van der Waals surface area (Å²) >= 11 is 2.39. The Kier molecular flexibility index (Phi) is 8.45. The Hall–Kier alpha value is -4.55. The molecule has 5 aromatic rings. The van der Waals surface area contributed by atoms with Gasteiger partial charge in [-0.05, 0) is 54.8 Å². The van der Waals surface area contributed by atoms with Gasteiger partial charge in [0.15, 0.2) is 10.1 Å². The first-order valence-corrected chi connectivity index (χ1v) is 15.8. The molecule has 1 aliphatic heterocycles. The number of benzene rings is 2. The number of aromatic nitrogens is 4. The molecule has 1 saturated heterocycles. The number of ether oxygens (including phenoxy) is 1. The molecule has 1 fully saturated rings. The molecule has 0 spiro atoms. The minimum Gasteiger partial charge on any atom is -0.505 e. The number of aryl methyl sites for hydroxylation is 1. The number of halogens is 1. The van der Waals surface area contributed by atoms with E-state index < -0.39 is 17.7 Å². The zero-order valence-corrected chi connectivity index (χ0v) is 25.6. The van der Waals surface area contributed by atoms with Gasteiger partial charge < -0.3 is 9.84 Å². The smallest absolute Gasteiger partial charge is 0.301 e. The van der Waals surface area contributed by atoms with E-state index in [0.29, 0.717) is 50.6 Å². The Balaban J connectivity index is 1.44. The van der Waals surface area contributed by atoms with Crippen molar-refractivity contribution in [3.8, 4) is 5.75 Å². The molecule has 1 N–H and O–H groups in total. The zero-order valence-electron chi connectivity index (χ0n) is 23.9. The topological polar surface area (TPSA) is 110 Å². The zero-order chi connectivity index (χ0) is 30.8. The number of amides is 1. The monoisotopic (exact) mass is 629 g/mol. The van der Waals surface area contributed by atoms with Gasteiger partial charge in [0, 0.05) is 11.9 Å². The molecule has 0 aliphatic carbocycles. The molecule has 9 nitrogen and oxygen atoms in total. The number of ketones is 1. The predicted molar refractivity (Wildman–Crippen MR) is 167 cm³/mol. The van der Waals surface area contributed by atoms with E-state index in [-0.39, 0.29) is 22.3 Å². The first-order valence-electron chi connectivity index (χ1n) is 14.0. The van der Waals surface area contributed by atoms with Crippen molar-refractivity contribution in [1.29, 1.82) is 0 Å². The van der Waals surface area contributed by atoms with Gasteiger partial charge in [-0.25, -0.2) is 9.37 Å². The Labute approximate surface area is 261 Å². The number of Topliss-reactive ketones (excluding diaryl/α,β-unsaturated/α-hetero) is 1. The van der Waals surface area contributed by atoms with Crippen LogP contribution in [0, 0.1) is 12.7 Å². The maximum Gasteiger partial charge on any atom is 0.301 e. The van der Waals surface area contributed by atoms with Crippen molar-refractivity contribution in [3.63, 3.8) is 0 Å². The van der Waals surface area contributed by atoms with Gasteiger partial charge in [-0.2, -0.15) is 0 Å². The minimum atomic E-state index is -1.02. The van der Waals surface area contributed by atoms with E-state index in [1.807, 2.05) is 12.1 Å². The van der Waals surface area contributed by atoms with Crippen LogP contribution in [-0.2, 0) is 15.3 Å². The van der Waals surface area contributed by atoms with Crippen molar-refractivity contribution in [2.75, 3.05) is 11.5 Å². The van der Waals surface area contributed by atoms with E-state index in [1.54, 1.807) is 66.1 Å². The first-order chi connectivity index (χ1) is 21.4. The van der Waals surface area contributed by atoms with E-state index in [4.69, 9.17) is 4.74 Å². The van der Waals surface area contributed by atoms with Crippen LogP contribution in [-0.4, -0.2) is 43.0 Å². The molecule has 6 rings (SSSR count). The average molecular weight is 630 g/mol. The Morgan fingerprint density at radius 2 is 1.91 bits per heavy atom. The number of pyridine rings is 1. The maximum atomic E-state index is 14.2. The molecule has 0 saturated carbocycles. The highest BCUT2D eigenvalue weighted by Gasteiger charge is 2.49. The molecule has 3 aromatic heterocycles. The number of hydrogen-bond acceptors (Lipinski definition) is 9. The number of aliphatic hydroxyl groups excluding tert-OH is 1. The van der Waals surface area contributed by atoms with E-state index in [2.05, 4.69) is 22.1 Å². The summed E-state index contributed by atoms with van der Waals surface area (Å²) in [7, 11) is 0. The van der Waals surface area contributed by atoms with Gasteiger partial charge in [0.1, 0.15) is 22.9 Å². The molecule has 12 heteroatoms. The second-order valence-corrected chi connectivity index (χ2v) is 12.3. The molecule has 1 unspecified atom stereocenters. The minimum absolute atomic E-state index is 0.0924. The average Bonchev–Trinajstić information content (AvgIpc) is 3.70. The van der Waals surface area contributed by atoms with Crippen molar-refractivity contribution >= 4 is 51.3 Å². The second kappa shape index (κ2) is 12.6. The summed E-state index contributed by atoms with van der Waals surface area (Å²) in [5.41, 5.74) is 2.38. The Bertz CT molecular complexity index is 1900. The number of carbonyl (C=O) groups excluding carboxylic acids is 2. The number of aliphatic hydroxyl groups is 1. The number of rotatable bonds is 10. The van der Waals surface area contributed by atoms with Crippen LogP contribution >= 0.6 is 23.1 Å². The van der Waals surface area contributed by atoms with Crippen LogP contribution in [0.15, 0.2) is 82.8 Å². The summed E-state index contributed by atoms with van der Waals surface area (Å²) in [5, 5.41) is 20.4. The van der Waals surface area contributed by atoms with E-state index in [9.17, 15) is 19.1 Å². The van der Waals surface area contributed by atoms with Crippen molar-refractivity contribution in [3.05, 3.63) is 107 Å². The van der Waals surface area contributed by atoms with E-state index in [0.717, 1.165) is 24.2 Å². The third-order valence-corrected chi connectivity index (χ3v) is 9.33. The van der Waals surface area contributed by atoms with Crippen LogP contribution in [0.25, 0.3) is 11.4 Å². The molecule has 1 amide bonds. The lowest BCUT2D eigenvalue weighted by molar-refractivity contribution is -0.132. The Morgan fingerprint density at radius 3 is 2.73 bits per heavy atom. The van der Waals surface area contributed by atoms with Crippen LogP contribution < -0.4 is 9.64 Å². The van der Waals surface area contributed by atoms with Crippen LogP contribution in [0.4, 0.5) is 9.52 Å². The van der Waals surface area contributed by atoms with Gasteiger partial charge in [0.25, 0.3) is 5.78 Å². The normalized spacial score (nSPS) is 16.2. The molecular formula is C32H28FN5O4S2. The highest BCUT2D eigenvalue weighted by molar-refractivity contribution is 8.00. The highest BCUT2D eigenvalue weighted by Crippen LogP contribution is 2.45. The summed E-state index contributed by atoms with van der Waals surface area (Å²) in [6, 6.07) is 18.0. The molecule has 224 valence electrons. The Morgan fingerprint density at radius 1 is 1.09 bits per heavy atom. The van der Waals surface area contributed by atoms with Crippen molar-refractivity contribution < 1.29 is 23.8 Å².